The number of halogens is 1. The highest BCUT2D eigenvalue weighted by atomic mass is 19.1. The summed E-state index contributed by atoms with van der Waals surface area (Å²) in [5, 5.41) is 4.22. The summed E-state index contributed by atoms with van der Waals surface area (Å²) in [6.45, 7) is 5.70. The molecule has 0 bridgehead atoms. The second-order valence-corrected chi connectivity index (χ2v) is 9.39. The van der Waals surface area contributed by atoms with E-state index < -0.39 is 5.41 Å². The third-order valence-corrected chi connectivity index (χ3v) is 6.66. The van der Waals surface area contributed by atoms with E-state index in [2.05, 4.69) is 34.0 Å². The zero-order valence-corrected chi connectivity index (χ0v) is 19.8. The number of hydrogen-bond acceptors (Lipinski definition) is 4. The van der Waals surface area contributed by atoms with Crippen molar-refractivity contribution in [1.82, 2.24) is 15.0 Å². The molecular formula is C26H32FN5O. The summed E-state index contributed by atoms with van der Waals surface area (Å²) in [5.74, 6) is 0.525. The molecule has 1 aromatic heterocycles. The van der Waals surface area contributed by atoms with Gasteiger partial charge in [-0.25, -0.2) is 4.39 Å². The molecule has 2 N–H and O–H groups in total. The highest BCUT2D eigenvalue weighted by Gasteiger charge is 2.29. The lowest BCUT2D eigenvalue weighted by Crippen LogP contribution is -2.47. The molecule has 0 aliphatic carbocycles. The molecule has 4 rings (SSSR count). The Morgan fingerprint density at radius 2 is 1.82 bits per heavy atom. The van der Waals surface area contributed by atoms with Crippen LogP contribution in [0.5, 0.6) is 0 Å². The van der Waals surface area contributed by atoms with E-state index in [4.69, 9.17) is 10.3 Å². The normalized spacial score (nSPS) is 15.9. The summed E-state index contributed by atoms with van der Waals surface area (Å²) in [6, 6.07) is 17.2. The van der Waals surface area contributed by atoms with Crippen molar-refractivity contribution < 1.29 is 8.91 Å². The quantitative estimate of drug-likeness (QED) is 0.448. The van der Waals surface area contributed by atoms with E-state index in [0.717, 1.165) is 37.1 Å². The Balaban J connectivity index is 1.50. The van der Waals surface area contributed by atoms with Crippen molar-refractivity contribution >= 4 is 11.8 Å². The minimum Gasteiger partial charge on any atom is -0.369 e. The Bertz CT molecular complexity index is 1110. The van der Waals surface area contributed by atoms with Gasteiger partial charge in [-0.3, -0.25) is 0 Å². The van der Waals surface area contributed by atoms with Crippen molar-refractivity contribution in [2.75, 3.05) is 27.2 Å². The molecule has 1 saturated heterocycles. The van der Waals surface area contributed by atoms with Gasteiger partial charge >= 0.3 is 0 Å². The molecule has 0 amide bonds. The zero-order chi connectivity index (χ0) is 23.6. The molecule has 7 heteroatoms. The van der Waals surface area contributed by atoms with Crippen molar-refractivity contribution in [2.45, 2.75) is 38.1 Å². The van der Waals surface area contributed by atoms with Crippen LogP contribution in [0.2, 0.25) is 0 Å². The van der Waals surface area contributed by atoms with Crippen molar-refractivity contribution in [3.8, 4) is 11.1 Å². The Morgan fingerprint density at radius 1 is 1.12 bits per heavy atom. The minimum atomic E-state index is -0.563. The van der Waals surface area contributed by atoms with Crippen molar-refractivity contribution in [3.05, 3.63) is 71.7 Å². The van der Waals surface area contributed by atoms with Crippen LogP contribution in [0.15, 0.2) is 64.1 Å². The first-order chi connectivity index (χ1) is 15.8. The molecular weight excluding hydrogens is 417 g/mol. The molecule has 0 radical (unpaired) electrons. The van der Waals surface area contributed by atoms with E-state index in [1.807, 2.05) is 56.3 Å². The maximum atomic E-state index is 15.0. The van der Waals surface area contributed by atoms with Gasteiger partial charge in [0.2, 0.25) is 0 Å². The van der Waals surface area contributed by atoms with Crippen molar-refractivity contribution in [2.24, 2.45) is 10.7 Å². The maximum absolute atomic E-state index is 15.0. The first-order valence-corrected chi connectivity index (χ1v) is 11.3. The van der Waals surface area contributed by atoms with E-state index in [0.29, 0.717) is 29.1 Å². The molecule has 3 aromatic rings. The highest BCUT2D eigenvalue weighted by molar-refractivity contribution is 5.80. The van der Waals surface area contributed by atoms with Crippen LogP contribution in [0, 0.1) is 5.82 Å². The average molecular weight is 450 g/mol. The fourth-order valence-corrected chi connectivity index (χ4v) is 4.31. The van der Waals surface area contributed by atoms with Gasteiger partial charge in [-0.05, 0) is 44.1 Å². The number of rotatable bonds is 5. The van der Waals surface area contributed by atoms with E-state index in [9.17, 15) is 4.39 Å². The Kier molecular flexibility index (Phi) is 6.51. The molecule has 1 aliphatic rings. The number of benzene rings is 2. The number of aromatic nitrogens is 1. The zero-order valence-electron chi connectivity index (χ0n) is 19.8. The second kappa shape index (κ2) is 9.35. The van der Waals surface area contributed by atoms with Gasteiger partial charge in [0.1, 0.15) is 5.82 Å². The molecule has 174 valence electrons. The summed E-state index contributed by atoms with van der Waals surface area (Å²) >= 11 is 0. The van der Waals surface area contributed by atoms with E-state index >= 15 is 0 Å². The molecule has 33 heavy (non-hydrogen) atoms. The molecule has 0 atom stereocenters. The monoisotopic (exact) mass is 449 g/mol. The molecule has 2 aromatic carbocycles. The first kappa shape index (κ1) is 23.0. The summed E-state index contributed by atoms with van der Waals surface area (Å²) in [6.07, 6.45) is 2.09. The standard InChI is InChI=1S/C26H32FN5O/c1-26(2,19-10-11-21(22(27)16-19)18-8-6-5-7-9-18)23-17-24(33-30-23)29-25(28)32-14-12-20(13-15-32)31(3)4/h5-11,16-17,20H,12-15H2,1-4H3,(H2,28,29). The number of nitrogens with zero attached hydrogens (tertiary/aromatic N) is 4. The lowest BCUT2D eigenvalue weighted by atomic mass is 9.81. The van der Waals surface area contributed by atoms with Crippen LogP contribution in [-0.2, 0) is 5.41 Å². The topological polar surface area (TPSA) is 70.9 Å². The molecule has 1 fully saturated rings. The van der Waals surface area contributed by atoms with Gasteiger partial charge in [-0.2, -0.15) is 4.99 Å². The number of nitrogens with two attached hydrogens (primary N) is 1. The number of guanidine groups is 1. The lowest BCUT2D eigenvalue weighted by Gasteiger charge is -2.35. The third-order valence-electron chi connectivity index (χ3n) is 6.66. The number of piperidine rings is 1. The highest BCUT2D eigenvalue weighted by Crippen LogP contribution is 2.35. The van der Waals surface area contributed by atoms with Crippen LogP contribution < -0.4 is 5.73 Å². The molecule has 0 unspecified atom stereocenters. The summed E-state index contributed by atoms with van der Waals surface area (Å²) < 4.78 is 20.4. The maximum Gasteiger partial charge on any atom is 0.253 e. The third kappa shape index (κ3) is 4.93. The van der Waals surface area contributed by atoms with Gasteiger partial charge < -0.3 is 20.1 Å². The van der Waals surface area contributed by atoms with Crippen LogP contribution in [0.3, 0.4) is 0 Å². The Labute approximate surface area is 194 Å². The average Bonchev–Trinajstić information content (AvgIpc) is 3.29. The van der Waals surface area contributed by atoms with Crippen LogP contribution in [-0.4, -0.2) is 54.1 Å². The fraction of sp³-hybridized carbons (Fsp3) is 0.385. The number of likely N-dealkylation sites (tertiary alicyclic amines) is 1. The Morgan fingerprint density at radius 3 is 2.45 bits per heavy atom. The molecule has 1 aliphatic heterocycles. The predicted octanol–water partition coefficient (Wildman–Crippen LogP) is 4.78. The van der Waals surface area contributed by atoms with Crippen molar-refractivity contribution in [3.63, 3.8) is 0 Å². The molecule has 0 saturated carbocycles. The molecule has 0 spiro atoms. The summed E-state index contributed by atoms with van der Waals surface area (Å²) in [5.41, 5.74) is 8.59. The van der Waals surface area contributed by atoms with Gasteiger partial charge in [-0.1, -0.05) is 61.5 Å². The number of hydrogen-bond donors (Lipinski definition) is 1. The van der Waals surface area contributed by atoms with E-state index in [-0.39, 0.29) is 5.82 Å². The summed E-state index contributed by atoms with van der Waals surface area (Å²) in [7, 11) is 4.22. The van der Waals surface area contributed by atoms with Crippen molar-refractivity contribution in [1.29, 1.82) is 0 Å². The largest absolute Gasteiger partial charge is 0.369 e. The number of aliphatic imine (C=N–C) groups is 1. The van der Waals surface area contributed by atoms with Crippen LogP contribution >= 0.6 is 0 Å². The van der Waals surface area contributed by atoms with Gasteiger partial charge in [0, 0.05) is 36.2 Å². The predicted molar refractivity (Wildman–Crippen MR) is 130 cm³/mol. The van der Waals surface area contributed by atoms with Gasteiger partial charge in [0.05, 0.1) is 5.69 Å². The molecule has 6 nitrogen and oxygen atoms in total. The smallest absolute Gasteiger partial charge is 0.253 e. The summed E-state index contributed by atoms with van der Waals surface area (Å²) in [4.78, 5) is 8.78. The van der Waals surface area contributed by atoms with Gasteiger partial charge in [0.25, 0.3) is 5.88 Å². The molecule has 2 heterocycles. The lowest BCUT2D eigenvalue weighted by molar-refractivity contribution is 0.190. The van der Waals surface area contributed by atoms with Crippen LogP contribution in [0.25, 0.3) is 11.1 Å². The van der Waals surface area contributed by atoms with E-state index in [1.165, 1.54) is 0 Å². The first-order valence-electron chi connectivity index (χ1n) is 11.3. The van der Waals surface area contributed by atoms with Crippen LogP contribution in [0.4, 0.5) is 10.3 Å². The fourth-order valence-electron chi connectivity index (χ4n) is 4.31. The van der Waals surface area contributed by atoms with Gasteiger partial charge in [0.15, 0.2) is 5.96 Å². The second-order valence-electron chi connectivity index (χ2n) is 9.39. The van der Waals surface area contributed by atoms with Crippen LogP contribution in [0.1, 0.15) is 37.9 Å². The van der Waals surface area contributed by atoms with E-state index in [1.54, 1.807) is 12.1 Å². The minimum absolute atomic E-state index is 0.265. The Hall–Kier alpha value is -3.19. The SMILES string of the molecule is CN(C)C1CCN(/C(N)=N/c2cc(C(C)(C)c3ccc(-c4ccccc4)c(F)c3)no2)CC1. The van der Waals surface area contributed by atoms with Gasteiger partial charge in [-0.15, -0.1) is 0 Å².